The number of anilines is 2. The second-order valence-electron chi connectivity index (χ2n) is 8.10. The maximum Gasteiger partial charge on any atom is 0.343 e. The third kappa shape index (κ3) is 4.63. The van der Waals surface area contributed by atoms with Crippen LogP contribution < -0.4 is 19.7 Å². The minimum atomic E-state index is -0.660. The maximum absolute atomic E-state index is 13.0. The van der Waals surface area contributed by atoms with Gasteiger partial charge in [0.05, 0.1) is 18.4 Å². The molecule has 2 amide bonds. The highest BCUT2D eigenvalue weighted by Crippen LogP contribution is 2.35. The highest BCUT2D eigenvalue weighted by atomic mass is 35.5. The first kappa shape index (κ1) is 24.0. The van der Waals surface area contributed by atoms with E-state index in [1.54, 1.807) is 48.5 Å². The second-order valence-corrected chi connectivity index (χ2v) is 8.48. The molecule has 0 unspecified atom stereocenters. The van der Waals surface area contributed by atoms with Gasteiger partial charge in [-0.05, 0) is 79.9 Å². The van der Waals surface area contributed by atoms with Crippen LogP contribution in [-0.4, -0.2) is 24.9 Å². The average Bonchev–Trinajstić information content (AvgIpc) is 3.05. The molecule has 8 heteroatoms. The van der Waals surface area contributed by atoms with Gasteiger partial charge in [-0.15, -0.1) is 0 Å². The van der Waals surface area contributed by atoms with E-state index in [0.717, 1.165) is 21.6 Å². The van der Waals surface area contributed by atoms with Crippen LogP contribution in [0, 0.1) is 20.8 Å². The molecule has 4 rings (SSSR count). The van der Waals surface area contributed by atoms with E-state index >= 15 is 0 Å². The van der Waals surface area contributed by atoms with E-state index in [9.17, 15) is 14.4 Å². The minimum absolute atomic E-state index is 0.0660. The molecular formula is C27H23ClN2O5. The van der Waals surface area contributed by atoms with Crippen molar-refractivity contribution in [2.45, 2.75) is 20.8 Å². The second kappa shape index (κ2) is 9.64. The molecule has 0 spiro atoms. The summed E-state index contributed by atoms with van der Waals surface area (Å²) in [5, 5.41) is 2.65. The van der Waals surface area contributed by atoms with E-state index in [-0.39, 0.29) is 10.7 Å². The molecule has 0 atom stereocenters. The summed E-state index contributed by atoms with van der Waals surface area (Å²) >= 11 is 6.22. The van der Waals surface area contributed by atoms with Gasteiger partial charge in [0.15, 0.2) is 0 Å². The average molecular weight is 491 g/mol. The van der Waals surface area contributed by atoms with Crippen LogP contribution in [0.4, 0.5) is 11.4 Å². The highest BCUT2D eigenvalue weighted by Gasteiger charge is 2.40. The fourth-order valence-corrected chi connectivity index (χ4v) is 3.96. The van der Waals surface area contributed by atoms with E-state index in [1.165, 1.54) is 7.11 Å². The van der Waals surface area contributed by atoms with Crippen LogP contribution >= 0.6 is 11.6 Å². The van der Waals surface area contributed by atoms with Gasteiger partial charge >= 0.3 is 5.97 Å². The number of ether oxygens (including phenoxy) is 2. The molecule has 0 saturated carbocycles. The van der Waals surface area contributed by atoms with Crippen LogP contribution in [0.2, 0.25) is 0 Å². The van der Waals surface area contributed by atoms with E-state index in [4.69, 9.17) is 21.1 Å². The summed E-state index contributed by atoms with van der Waals surface area (Å²) in [6.45, 7) is 5.80. The van der Waals surface area contributed by atoms with Crippen LogP contribution in [-0.2, 0) is 9.59 Å². The summed E-state index contributed by atoms with van der Waals surface area (Å²) in [5.74, 6) is -0.901. The fraction of sp³-hybridized carbons (Fsp3) is 0.148. The van der Waals surface area contributed by atoms with Gasteiger partial charge in [0.25, 0.3) is 11.8 Å². The number of imide groups is 1. The van der Waals surface area contributed by atoms with Gasteiger partial charge in [-0.25, -0.2) is 9.69 Å². The predicted molar refractivity (Wildman–Crippen MR) is 134 cm³/mol. The Morgan fingerprint density at radius 1 is 0.914 bits per heavy atom. The van der Waals surface area contributed by atoms with Crippen LogP contribution in [0.5, 0.6) is 11.5 Å². The highest BCUT2D eigenvalue weighted by molar-refractivity contribution is 6.53. The quantitative estimate of drug-likeness (QED) is 0.287. The lowest BCUT2D eigenvalue weighted by molar-refractivity contribution is -0.120. The molecule has 3 aromatic carbocycles. The number of carbonyl (C=O) groups excluding carboxylic acids is 3. The first-order chi connectivity index (χ1) is 16.7. The summed E-state index contributed by atoms with van der Waals surface area (Å²) in [7, 11) is 1.45. The molecule has 0 aromatic heterocycles. The van der Waals surface area contributed by atoms with Gasteiger partial charge in [0, 0.05) is 5.69 Å². The van der Waals surface area contributed by atoms with Crippen molar-refractivity contribution in [1.29, 1.82) is 0 Å². The van der Waals surface area contributed by atoms with Crippen LogP contribution in [0.25, 0.3) is 0 Å². The van der Waals surface area contributed by atoms with Gasteiger partial charge < -0.3 is 14.8 Å². The van der Waals surface area contributed by atoms with Crippen LogP contribution in [0.1, 0.15) is 27.0 Å². The third-order valence-electron chi connectivity index (χ3n) is 5.71. The SMILES string of the molecule is COc1ccccc1N1C(=O)C(Cl)=C(Nc2ccc(C(=O)Oc3cc(C)cc(C)c3C)cc2)C1=O. The number of carbonyl (C=O) groups is 3. The Labute approximate surface area is 207 Å². The molecule has 0 bridgehead atoms. The van der Waals surface area contributed by atoms with Crippen molar-refractivity contribution < 1.29 is 23.9 Å². The lowest BCUT2D eigenvalue weighted by atomic mass is 10.1. The molecule has 1 N–H and O–H groups in total. The van der Waals surface area contributed by atoms with Crippen molar-refractivity contribution in [3.63, 3.8) is 0 Å². The molecule has 0 fully saturated rings. The Bertz CT molecular complexity index is 1380. The summed E-state index contributed by atoms with van der Waals surface area (Å²) in [6, 6.07) is 16.8. The predicted octanol–water partition coefficient (Wildman–Crippen LogP) is 5.28. The van der Waals surface area contributed by atoms with Crippen molar-refractivity contribution in [3.8, 4) is 11.5 Å². The largest absolute Gasteiger partial charge is 0.495 e. The van der Waals surface area contributed by atoms with Crippen LogP contribution in [0.3, 0.4) is 0 Å². The van der Waals surface area contributed by atoms with E-state index < -0.39 is 17.8 Å². The summed E-state index contributed by atoms with van der Waals surface area (Å²) in [6.07, 6.45) is 0. The zero-order valence-electron chi connectivity index (χ0n) is 19.6. The summed E-state index contributed by atoms with van der Waals surface area (Å²) in [4.78, 5) is 39.4. The molecule has 0 radical (unpaired) electrons. The zero-order chi connectivity index (χ0) is 25.3. The molecule has 1 heterocycles. The molecule has 7 nitrogen and oxygen atoms in total. The Balaban J connectivity index is 1.51. The number of nitrogens with zero attached hydrogens (tertiary/aromatic N) is 1. The topological polar surface area (TPSA) is 84.9 Å². The number of methoxy groups -OCH3 is 1. The van der Waals surface area contributed by atoms with Crippen molar-refractivity contribution >= 4 is 40.8 Å². The number of aryl methyl sites for hydroxylation is 2. The normalized spacial score (nSPS) is 13.3. The smallest absolute Gasteiger partial charge is 0.343 e. The fourth-order valence-electron chi connectivity index (χ4n) is 3.74. The first-order valence-corrected chi connectivity index (χ1v) is 11.2. The van der Waals surface area contributed by atoms with E-state index in [2.05, 4.69) is 5.32 Å². The lowest BCUT2D eigenvalue weighted by Gasteiger charge is -2.17. The van der Waals surface area contributed by atoms with E-state index in [1.807, 2.05) is 32.9 Å². The van der Waals surface area contributed by atoms with Crippen molar-refractivity contribution in [1.82, 2.24) is 0 Å². The number of nitrogens with one attached hydrogen (secondary N) is 1. The molecular weight excluding hydrogens is 468 g/mol. The first-order valence-electron chi connectivity index (χ1n) is 10.8. The molecule has 3 aromatic rings. The number of halogens is 1. The van der Waals surface area contributed by atoms with Crippen molar-refractivity contribution in [3.05, 3.63) is 93.6 Å². The van der Waals surface area contributed by atoms with Gasteiger partial charge in [-0.2, -0.15) is 0 Å². The number of benzene rings is 3. The van der Waals surface area contributed by atoms with Crippen LogP contribution in [0.15, 0.2) is 71.4 Å². The van der Waals surface area contributed by atoms with Gasteiger partial charge in [0.2, 0.25) is 0 Å². The van der Waals surface area contributed by atoms with Crippen molar-refractivity contribution in [2.75, 3.05) is 17.3 Å². The lowest BCUT2D eigenvalue weighted by Crippen LogP contribution is -2.32. The molecule has 178 valence electrons. The number of hydrogen-bond acceptors (Lipinski definition) is 6. The number of hydrogen-bond donors (Lipinski definition) is 1. The molecule has 0 saturated heterocycles. The standard InChI is InChI=1S/C27H23ClN2O5/c1-15-13-16(2)17(3)22(14-15)35-27(33)18-9-11-19(12-10-18)29-24-23(28)25(31)30(26(24)32)20-7-5-6-8-21(20)34-4/h5-14,29H,1-4H3. The number of amides is 2. The Hall–Kier alpha value is -4.10. The van der Waals surface area contributed by atoms with Gasteiger partial charge in [-0.1, -0.05) is 29.8 Å². The molecule has 35 heavy (non-hydrogen) atoms. The van der Waals surface area contributed by atoms with E-state index in [0.29, 0.717) is 28.4 Å². The third-order valence-corrected chi connectivity index (χ3v) is 6.06. The Kier molecular flexibility index (Phi) is 6.62. The zero-order valence-corrected chi connectivity index (χ0v) is 20.4. The summed E-state index contributed by atoms with van der Waals surface area (Å²) < 4.78 is 10.9. The Morgan fingerprint density at radius 2 is 1.60 bits per heavy atom. The minimum Gasteiger partial charge on any atom is -0.495 e. The number of para-hydroxylation sites is 2. The number of rotatable bonds is 6. The Morgan fingerprint density at radius 3 is 2.29 bits per heavy atom. The summed E-state index contributed by atoms with van der Waals surface area (Å²) in [5.41, 5.74) is 3.96. The van der Waals surface area contributed by atoms with Gasteiger partial charge in [-0.3, -0.25) is 9.59 Å². The number of esters is 1. The van der Waals surface area contributed by atoms with Crippen molar-refractivity contribution in [2.24, 2.45) is 0 Å². The molecule has 0 aliphatic carbocycles. The monoisotopic (exact) mass is 490 g/mol. The molecule has 1 aliphatic rings. The molecule has 1 aliphatic heterocycles. The van der Waals surface area contributed by atoms with Gasteiger partial charge in [0.1, 0.15) is 22.2 Å². The maximum atomic E-state index is 13.0.